The molecule has 0 atom stereocenters. The molecule has 0 radical (unpaired) electrons. The average molecular weight is 363 g/mol. The summed E-state index contributed by atoms with van der Waals surface area (Å²) in [6.45, 7) is 0. The maximum Gasteiger partial charge on any atom is 0.222 e. The molecule has 2 aromatic carbocycles. The quantitative estimate of drug-likeness (QED) is 0.599. The van der Waals surface area contributed by atoms with Crippen LogP contribution >= 0.6 is 23.2 Å². The molecule has 0 aliphatic rings. The lowest BCUT2D eigenvalue weighted by atomic mass is 9.98. The lowest BCUT2D eigenvalue weighted by Crippen LogP contribution is -1.99. The van der Waals surface area contributed by atoms with Gasteiger partial charge in [-0.3, -0.25) is 0 Å². The molecule has 0 aliphatic heterocycles. The molecule has 0 saturated carbocycles. The summed E-state index contributed by atoms with van der Waals surface area (Å²) in [6.07, 6.45) is 3.51. The van der Waals surface area contributed by atoms with Crippen LogP contribution in [0.3, 0.4) is 0 Å². The molecule has 3 aromatic rings. The Balaban J connectivity index is 2.06. The Bertz CT molecular complexity index is 869. The zero-order chi connectivity index (χ0) is 17.1. The zero-order valence-electron chi connectivity index (χ0n) is 12.8. The molecule has 0 amide bonds. The van der Waals surface area contributed by atoms with Gasteiger partial charge in [-0.25, -0.2) is 14.4 Å². The van der Waals surface area contributed by atoms with Crippen molar-refractivity contribution in [1.82, 2.24) is 9.97 Å². The number of ether oxygens (including phenoxy) is 1. The van der Waals surface area contributed by atoms with Crippen molar-refractivity contribution in [2.45, 2.75) is 6.42 Å². The molecule has 1 heterocycles. The topological polar surface area (TPSA) is 35.0 Å². The normalized spacial score (nSPS) is 10.7. The van der Waals surface area contributed by atoms with Gasteiger partial charge in [-0.1, -0.05) is 29.8 Å². The van der Waals surface area contributed by atoms with E-state index >= 15 is 4.39 Å². The lowest BCUT2D eigenvalue weighted by Gasteiger charge is -2.13. The van der Waals surface area contributed by atoms with Gasteiger partial charge in [-0.05, 0) is 46.5 Å². The van der Waals surface area contributed by atoms with Crippen molar-refractivity contribution in [1.29, 1.82) is 0 Å². The molecule has 122 valence electrons. The van der Waals surface area contributed by atoms with Crippen molar-refractivity contribution in [2.24, 2.45) is 0 Å². The smallest absolute Gasteiger partial charge is 0.222 e. The maximum atomic E-state index is 15.1. The van der Waals surface area contributed by atoms with Crippen molar-refractivity contribution in [2.75, 3.05) is 7.11 Å². The van der Waals surface area contributed by atoms with Crippen LogP contribution in [0.15, 0.2) is 48.8 Å². The van der Waals surface area contributed by atoms with Crippen molar-refractivity contribution in [3.05, 3.63) is 76.0 Å². The fraction of sp³-hybridized carbons (Fsp3) is 0.111. The van der Waals surface area contributed by atoms with Gasteiger partial charge < -0.3 is 4.74 Å². The molecule has 3 rings (SSSR count). The molecule has 1 aromatic heterocycles. The Morgan fingerprint density at radius 2 is 1.83 bits per heavy atom. The number of rotatable bonds is 4. The highest BCUT2D eigenvalue weighted by Crippen LogP contribution is 2.36. The van der Waals surface area contributed by atoms with Crippen LogP contribution in [0.2, 0.25) is 10.3 Å². The van der Waals surface area contributed by atoms with E-state index in [2.05, 4.69) is 9.97 Å². The summed E-state index contributed by atoms with van der Waals surface area (Å²) in [4.78, 5) is 7.84. The minimum Gasteiger partial charge on any atom is -0.496 e. The number of hydrogen-bond donors (Lipinski definition) is 0. The Kier molecular flexibility index (Phi) is 4.97. The minimum absolute atomic E-state index is 0.161. The lowest BCUT2D eigenvalue weighted by molar-refractivity contribution is 0.413. The first kappa shape index (κ1) is 16.7. The summed E-state index contributed by atoms with van der Waals surface area (Å²) < 4.78 is 20.4. The monoisotopic (exact) mass is 362 g/mol. The predicted molar refractivity (Wildman–Crippen MR) is 93.2 cm³/mol. The Hall–Kier alpha value is -2.17. The molecular formula is C18H13Cl2FN2O. The second-order valence-corrected chi connectivity index (χ2v) is 5.94. The molecule has 6 heteroatoms. The van der Waals surface area contributed by atoms with E-state index in [1.54, 1.807) is 48.8 Å². The number of benzene rings is 2. The van der Waals surface area contributed by atoms with Crippen molar-refractivity contribution >= 4 is 23.2 Å². The fourth-order valence-electron chi connectivity index (χ4n) is 2.47. The summed E-state index contributed by atoms with van der Waals surface area (Å²) in [5.74, 6) is 0.0949. The van der Waals surface area contributed by atoms with Gasteiger partial charge in [0.25, 0.3) is 0 Å². The van der Waals surface area contributed by atoms with Gasteiger partial charge in [0.1, 0.15) is 11.6 Å². The van der Waals surface area contributed by atoms with E-state index in [9.17, 15) is 0 Å². The first-order valence-electron chi connectivity index (χ1n) is 7.16. The van der Waals surface area contributed by atoms with Crippen LogP contribution < -0.4 is 4.74 Å². The van der Waals surface area contributed by atoms with Crippen molar-refractivity contribution in [3.8, 4) is 16.9 Å². The van der Waals surface area contributed by atoms with E-state index in [1.165, 1.54) is 7.11 Å². The highest BCUT2D eigenvalue weighted by Gasteiger charge is 2.17. The molecule has 0 bridgehead atoms. The van der Waals surface area contributed by atoms with E-state index in [4.69, 9.17) is 27.9 Å². The Labute approximate surface area is 149 Å². The first-order valence-corrected chi connectivity index (χ1v) is 7.92. The van der Waals surface area contributed by atoms with Gasteiger partial charge in [0.2, 0.25) is 5.28 Å². The Morgan fingerprint density at radius 1 is 1.08 bits per heavy atom. The number of methoxy groups -OCH3 is 1. The number of nitrogens with zero attached hydrogens (tertiary/aromatic N) is 2. The van der Waals surface area contributed by atoms with Crippen molar-refractivity contribution in [3.63, 3.8) is 0 Å². The van der Waals surface area contributed by atoms with E-state index in [1.807, 2.05) is 0 Å². The molecule has 0 spiro atoms. The SMILES string of the molecule is COc1ccc(Cc2cnc(Cl)nc2)c(F)c1-c1cccc(Cl)c1. The third-order valence-corrected chi connectivity index (χ3v) is 4.02. The summed E-state index contributed by atoms with van der Waals surface area (Å²) in [5, 5.41) is 0.694. The highest BCUT2D eigenvalue weighted by atomic mass is 35.5. The van der Waals surface area contributed by atoms with Crippen LogP contribution in [0.4, 0.5) is 4.39 Å². The van der Waals surface area contributed by atoms with E-state index in [0.29, 0.717) is 33.9 Å². The number of hydrogen-bond acceptors (Lipinski definition) is 3. The predicted octanol–water partition coefficient (Wildman–Crippen LogP) is 5.19. The van der Waals surface area contributed by atoms with E-state index < -0.39 is 0 Å². The van der Waals surface area contributed by atoms with Gasteiger partial charge in [0.05, 0.1) is 12.7 Å². The Morgan fingerprint density at radius 3 is 2.50 bits per heavy atom. The molecule has 24 heavy (non-hydrogen) atoms. The molecule has 0 aliphatic carbocycles. The molecule has 3 nitrogen and oxygen atoms in total. The zero-order valence-corrected chi connectivity index (χ0v) is 14.3. The second-order valence-electron chi connectivity index (χ2n) is 5.16. The second kappa shape index (κ2) is 7.16. The van der Waals surface area contributed by atoms with Crippen LogP contribution in [0.25, 0.3) is 11.1 Å². The van der Waals surface area contributed by atoms with Gasteiger partial charge >= 0.3 is 0 Å². The maximum absolute atomic E-state index is 15.1. The molecule has 0 saturated heterocycles. The van der Waals surface area contributed by atoms with Crippen LogP contribution in [0, 0.1) is 5.82 Å². The van der Waals surface area contributed by atoms with Crippen molar-refractivity contribution < 1.29 is 9.13 Å². The minimum atomic E-state index is -0.355. The van der Waals surface area contributed by atoms with Gasteiger partial charge in [-0.2, -0.15) is 0 Å². The van der Waals surface area contributed by atoms with E-state index in [0.717, 1.165) is 5.56 Å². The number of aromatic nitrogens is 2. The molecule has 0 N–H and O–H groups in total. The third kappa shape index (κ3) is 3.50. The van der Waals surface area contributed by atoms with Crippen LogP contribution in [-0.2, 0) is 6.42 Å². The van der Waals surface area contributed by atoms with Crippen LogP contribution in [0.5, 0.6) is 5.75 Å². The summed E-state index contributed by atoms with van der Waals surface area (Å²) in [7, 11) is 1.51. The molecule has 0 fully saturated rings. The average Bonchev–Trinajstić information content (AvgIpc) is 2.58. The van der Waals surface area contributed by atoms with Gasteiger partial charge in [0, 0.05) is 23.8 Å². The summed E-state index contributed by atoms with van der Waals surface area (Å²) in [5.41, 5.74) is 2.32. The molecular weight excluding hydrogens is 350 g/mol. The fourth-order valence-corrected chi connectivity index (χ4v) is 2.76. The van der Waals surface area contributed by atoms with Crippen LogP contribution in [0.1, 0.15) is 11.1 Å². The molecule has 0 unspecified atom stereocenters. The highest BCUT2D eigenvalue weighted by molar-refractivity contribution is 6.30. The van der Waals surface area contributed by atoms with Gasteiger partial charge in [-0.15, -0.1) is 0 Å². The number of halogens is 3. The largest absolute Gasteiger partial charge is 0.496 e. The van der Waals surface area contributed by atoms with E-state index in [-0.39, 0.29) is 11.1 Å². The summed E-state index contributed by atoms with van der Waals surface area (Å²) in [6, 6.07) is 10.4. The summed E-state index contributed by atoms with van der Waals surface area (Å²) >= 11 is 11.7. The third-order valence-electron chi connectivity index (χ3n) is 3.59. The standard InChI is InChI=1S/C18H13Cl2FN2O/c1-24-15-6-5-13(7-11-9-22-18(20)23-10-11)17(21)16(15)12-3-2-4-14(19)8-12/h2-6,8-10H,7H2,1H3. The van der Waals surface area contributed by atoms with Gasteiger partial charge in [0.15, 0.2) is 0 Å². The first-order chi connectivity index (χ1) is 11.6. The van der Waals surface area contributed by atoms with Crippen LogP contribution in [-0.4, -0.2) is 17.1 Å².